The van der Waals surface area contributed by atoms with Crippen LogP contribution in [0.25, 0.3) is 11.1 Å². The molecule has 0 spiro atoms. The molecule has 0 unspecified atom stereocenters. The summed E-state index contributed by atoms with van der Waals surface area (Å²) in [4.78, 5) is 0. The average Bonchev–Trinajstić information content (AvgIpc) is 2.37. The Balaban J connectivity index is 2.57. The first kappa shape index (κ1) is 14.0. The molecule has 0 bridgehead atoms. The van der Waals surface area contributed by atoms with Gasteiger partial charge in [-0.25, -0.2) is 4.39 Å². The molecule has 0 aliphatic carbocycles. The van der Waals surface area contributed by atoms with Crippen molar-refractivity contribution in [1.29, 1.82) is 0 Å². The molecule has 0 atom stereocenters. The van der Waals surface area contributed by atoms with Gasteiger partial charge in [-0.3, -0.25) is 0 Å². The van der Waals surface area contributed by atoms with Crippen LogP contribution in [0.3, 0.4) is 0 Å². The smallest absolute Gasteiger partial charge is 0.139 e. The fourth-order valence-electron chi connectivity index (χ4n) is 1.76. The molecule has 2 rings (SSSR count). The second-order valence-corrected chi connectivity index (χ2v) is 4.74. The highest BCUT2D eigenvalue weighted by molar-refractivity contribution is 6.36. The summed E-state index contributed by atoms with van der Waals surface area (Å²) in [6.45, 7) is 2.33. The average molecular weight is 300 g/mol. The zero-order chi connectivity index (χ0) is 14.0. The summed E-state index contributed by atoms with van der Waals surface area (Å²) in [7, 11) is 0. The van der Waals surface area contributed by atoms with Crippen LogP contribution in [0.15, 0.2) is 30.3 Å². The maximum Gasteiger partial charge on any atom is 0.139 e. The Morgan fingerprint density at radius 1 is 1.11 bits per heavy atom. The van der Waals surface area contributed by atoms with Crippen molar-refractivity contribution in [2.24, 2.45) is 0 Å². The molecule has 0 saturated heterocycles. The zero-order valence-corrected chi connectivity index (χ0v) is 11.7. The van der Waals surface area contributed by atoms with Gasteiger partial charge >= 0.3 is 0 Å². The Hall–Kier alpha value is -1.45. The Morgan fingerprint density at radius 2 is 1.84 bits per heavy atom. The number of ether oxygens (including phenoxy) is 1. The van der Waals surface area contributed by atoms with Crippen LogP contribution < -0.4 is 10.5 Å². The lowest BCUT2D eigenvalue weighted by atomic mass is 10.0. The minimum absolute atomic E-state index is 0.384. The Bertz CT molecular complexity index is 617. The highest BCUT2D eigenvalue weighted by Crippen LogP contribution is 2.39. The van der Waals surface area contributed by atoms with E-state index in [0.717, 1.165) is 0 Å². The van der Waals surface area contributed by atoms with Gasteiger partial charge in [-0.05, 0) is 31.2 Å². The van der Waals surface area contributed by atoms with Gasteiger partial charge in [-0.2, -0.15) is 0 Å². The van der Waals surface area contributed by atoms with Gasteiger partial charge in [0.05, 0.1) is 16.7 Å². The first-order valence-corrected chi connectivity index (χ1v) is 6.45. The van der Waals surface area contributed by atoms with Gasteiger partial charge in [-0.15, -0.1) is 0 Å². The van der Waals surface area contributed by atoms with E-state index < -0.39 is 0 Å². The molecule has 19 heavy (non-hydrogen) atoms. The van der Waals surface area contributed by atoms with Crippen molar-refractivity contribution in [2.75, 3.05) is 12.3 Å². The van der Waals surface area contributed by atoms with E-state index >= 15 is 0 Å². The Morgan fingerprint density at radius 3 is 2.53 bits per heavy atom. The summed E-state index contributed by atoms with van der Waals surface area (Å²) in [5, 5.41) is 0.815. The van der Waals surface area contributed by atoms with Crippen LogP contribution in [-0.4, -0.2) is 6.61 Å². The largest absolute Gasteiger partial charge is 0.492 e. The third kappa shape index (κ3) is 2.94. The van der Waals surface area contributed by atoms with Crippen molar-refractivity contribution in [1.82, 2.24) is 0 Å². The molecule has 0 aromatic heterocycles. The first-order chi connectivity index (χ1) is 9.02. The molecule has 2 aromatic carbocycles. The quantitative estimate of drug-likeness (QED) is 0.828. The van der Waals surface area contributed by atoms with E-state index in [4.69, 9.17) is 33.7 Å². The molecule has 2 N–H and O–H groups in total. The summed E-state index contributed by atoms with van der Waals surface area (Å²) >= 11 is 12.3. The normalized spacial score (nSPS) is 10.5. The predicted octanol–water partition coefficient (Wildman–Crippen LogP) is 4.78. The van der Waals surface area contributed by atoms with E-state index in [0.29, 0.717) is 39.2 Å². The van der Waals surface area contributed by atoms with Crippen molar-refractivity contribution >= 4 is 28.9 Å². The third-order valence-electron chi connectivity index (χ3n) is 2.63. The number of nitrogen functional groups attached to an aromatic ring is 1. The van der Waals surface area contributed by atoms with Gasteiger partial charge in [-0.1, -0.05) is 23.2 Å². The number of halogens is 3. The van der Waals surface area contributed by atoms with Crippen molar-refractivity contribution in [2.45, 2.75) is 6.92 Å². The van der Waals surface area contributed by atoms with E-state index in [1.807, 2.05) is 6.92 Å². The Labute approximate surface area is 120 Å². The molecule has 0 heterocycles. The van der Waals surface area contributed by atoms with Gasteiger partial charge < -0.3 is 10.5 Å². The van der Waals surface area contributed by atoms with Crippen LogP contribution in [0.4, 0.5) is 10.1 Å². The topological polar surface area (TPSA) is 35.2 Å². The molecule has 2 aromatic rings. The first-order valence-electron chi connectivity index (χ1n) is 5.70. The fraction of sp³-hybridized carbons (Fsp3) is 0.143. The molecule has 0 radical (unpaired) electrons. The van der Waals surface area contributed by atoms with Crippen LogP contribution in [0.5, 0.6) is 5.75 Å². The number of rotatable bonds is 3. The van der Waals surface area contributed by atoms with Gasteiger partial charge in [0.2, 0.25) is 0 Å². The second kappa shape index (κ2) is 5.68. The van der Waals surface area contributed by atoms with Crippen molar-refractivity contribution in [3.05, 3.63) is 46.2 Å². The number of anilines is 1. The highest BCUT2D eigenvalue weighted by atomic mass is 35.5. The van der Waals surface area contributed by atoms with E-state index in [-0.39, 0.29) is 5.82 Å². The monoisotopic (exact) mass is 299 g/mol. The minimum Gasteiger partial charge on any atom is -0.492 e. The zero-order valence-electron chi connectivity index (χ0n) is 10.2. The van der Waals surface area contributed by atoms with Crippen molar-refractivity contribution in [3.8, 4) is 16.9 Å². The highest BCUT2D eigenvalue weighted by Gasteiger charge is 2.13. The molecule has 5 heteroatoms. The van der Waals surface area contributed by atoms with E-state index in [9.17, 15) is 4.39 Å². The lowest BCUT2D eigenvalue weighted by Gasteiger charge is -2.12. The molecule has 2 nitrogen and oxygen atoms in total. The summed E-state index contributed by atoms with van der Waals surface area (Å²) in [6.07, 6.45) is 0. The van der Waals surface area contributed by atoms with Gasteiger partial charge in [0.1, 0.15) is 11.6 Å². The van der Waals surface area contributed by atoms with E-state index in [1.54, 1.807) is 12.1 Å². The standard InChI is InChI=1S/C14H12Cl2FNO/c1-2-19-14-7-11(15)9(6-12(14)16)10-5-8(17)3-4-13(10)18/h3-7H,2,18H2,1H3. The van der Waals surface area contributed by atoms with Crippen molar-refractivity contribution in [3.63, 3.8) is 0 Å². The lowest BCUT2D eigenvalue weighted by molar-refractivity contribution is 0.340. The van der Waals surface area contributed by atoms with Crippen LogP contribution in [0, 0.1) is 5.82 Å². The molecule has 0 saturated carbocycles. The molecule has 0 fully saturated rings. The molecular weight excluding hydrogens is 288 g/mol. The summed E-state index contributed by atoms with van der Waals surface area (Å²) in [5.41, 5.74) is 7.36. The van der Waals surface area contributed by atoms with Crippen LogP contribution in [0.2, 0.25) is 10.0 Å². The maximum atomic E-state index is 13.3. The van der Waals surface area contributed by atoms with Crippen LogP contribution in [0.1, 0.15) is 6.92 Å². The molecule has 0 aliphatic heterocycles. The molecular formula is C14H12Cl2FNO. The summed E-state index contributed by atoms with van der Waals surface area (Å²) < 4.78 is 18.6. The van der Waals surface area contributed by atoms with Gasteiger partial charge in [0.25, 0.3) is 0 Å². The number of hydrogen-bond acceptors (Lipinski definition) is 2. The molecule has 0 amide bonds. The van der Waals surface area contributed by atoms with E-state index in [1.165, 1.54) is 18.2 Å². The summed E-state index contributed by atoms with van der Waals surface area (Å²) in [5.74, 6) is 0.109. The SMILES string of the molecule is CCOc1cc(Cl)c(-c2cc(F)ccc2N)cc1Cl. The third-order valence-corrected chi connectivity index (χ3v) is 3.23. The van der Waals surface area contributed by atoms with Crippen LogP contribution >= 0.6 is 23.2 Å². The van der Waals surface area contributed by atoms with Crippen LogP contribution in [-0.2, 0) is 0 Å². The lowest BCUT2D eigenvalue weighted by Crippen LogP contribution is -1.95. The van der Waals surface area contributed by atoms with Gasteiger partial charge in [0, 0.05) is 22.9 Å². The second-order valence-electron chi connectivity index (χ2n) is 3.93. The molecule has 0 aliphatic rings. The predicted molar refractivity (Wildman–Crippen MR) is 77.4 cm³/mol. The maximum absolute atomic E-state index is 13.3. The number of nitrogens with two attached hydrogens (primary N) is 1. The molecule has 100 valence electrons. The van der Waals surface area contributed by atoms with E-state index in [2.05, 4.69) is 0 Å². The number of benzene rings is 2. The minimum atomic E-state index is -0.384. The Kier molecular flexibility index (Phi) is 4.17. The van der Waals surface area contributed by atoms with Gasteiger partial charge in [0.15, 0.2) is 0 Å². The fourth-order valence-corrected chi connectivity index (χ4v) is 2.24. The number of hydrogen-bond donors (Lipinski definition) is 1. The van der Waals surface area contributed by atoms with Crippen molar-refractivity contribution < 1.29 is 9.13 Å². The summed E-state index contributed by atoms with van der Waals surface area (Å²) in [6, 6.07) is 7.34.